The average molecular weight is 262 g/mol. The molecule has 1 aliphatic carbocycles. The number of rotatable bonds is 3. The highest BCUT2D eigenvalue weighted by molar-refractivity contribution is 6.99. The Balaban J connectivity index is 1.91. The summed E-state index contributed by atoms with van der Waals surface area (Å²) in [7, 11) is 0. The smallest absolute Gasteiger partial charge is 0.186 e. The predicted octanol–water partition coefficient (Wildman–Crippen LogP) is 2.54. The van der Waals surface area contributed by atoms with Gasteiger partial charge in [-0.25, -0.2) is 0 Å². The first-order valence-electron chi connectivity index (χ1n) is 5.53. The highest BCUT2D eigenvalue weighted by Crippen LogP contribution is 2.32. The number of nitrogens with one attached hydrogen (secondary N) is 1. The zero-order valence-corrected chi connectivity index (χ0v) is 10.8. The van der Waals surface area contributed by atoms with Crippen LogP contribution in [0.15, 0.2) is 0 Å². The Kier molecular flexibility index (Phi) is 3.66. The lowest BCUT2D eigenvalue weighted by molar-refractivity contribution is -0.000811. The monoisotopic (exact) mass is 261 g/mol. The van der Waals surface area contributed by atoms with Gasteiger partial charge in [0.15, 0.2) is 11.0 Å². The molecule has 1 aromatic rings. The predicted molar refractivity (Wildman–Crippen MR) is 66.0 cm³/mol. The number of aromatic nitrogens is 2. The molecule has 0 aliphatic heterocycles. The van der Waals surface area contributed by atoms with Crippen molar-refractivity contribution in [2.45, 2.75) is 38.2 Å². The molecule has 16 heavy (non-hydrogen) atoms. The molecule has 0 aromatic carbocycles. The van der Waals surface area contributed by atoms with Gasteiger partial charge in [-0.2, -0.15) is 8.75 Å². The topological polar surface area (TPSA) is 58.0 Å². The molecule has 1 aliphatic rings. The first-order valence-corrected chi connectivity index (χ1v) is 6.64. The lowest BCUT2D eigenvalue weighted by Crippen LogP contribution is -2.41. The van der Waals surface area contributed by atoms with Gasteiger partial charge in [-0.1, -0.05) is 31.4 Å². The summed E-state index contributed by atoms with van der Waals surface area (Å²) in [5.74, 6) is 1.17. The summed E-state index contributed by atoms with van der Waals surface area (Å²) in [6.07, 6.45) is 3.98. The average Bonchev–Trinajstić information content (AvgIpc) is 2.61. The van der Waals surface area contributed by atoms with Gasteiger partial charge in [-0.3, -0.25) is 0 Å². The minimum absolute atomic E-state index is 0.387. The van der Waals surface area contributed by atoms with E-state index in [2.05, 4.69) is 21.0 Å². The van der Waals surface area contributed by atoms with E-state index in [0.29, 0.717) is 23.4 Å². The third-order valence-electron chi connectivity index (χ3n) is 3.10. The maximum absolute atomic E-state index is 10.4. The summed E-state index contributed by atoms with van der Waals surface area (Å²) in [5.41, 5.74) is -0.620. The van der Waals surface area contributed by atoms with Crippen molar-refractivity contribution >= 4 is 29.1 Å². The number of hydrogen-bond acceptors (Lipinski definition) is 5. The van der Waals surface area contributed by atoms with Crippen molar-refractivity contribution in [2.75, 3.05) is 11.9 Å². The van der Waals surface area contributed by atoms with Gasteiger partial charge in [0, 0.05) is 6.54 Å². The normalized spacial score (nSPS) is 30.3. The molecular weight excluding hydrogens is 246 g/mol. The molecule has 0 radical (unpaired) electrons. The van der Waals surface area contributed by atoms with E-state index in [0.717, 1.165) is 31.0 Å². The highest BCUT2D eigenvalue weighted by Gasteiger charge is 2.32. The maximum Gasteiger partial charge on any atom is 0.186 e. The van der Waals surface area contributed by atoms with E-state index in [1.54, 1.807) is 0 Å². The molecule has 0 amide bonds. The molecular formula is C10H16ClN3OS. The zero-order chi connectivity index (χ0) is 11.6. The van der Waals surface area contributed by atoms with Gasteiger partial charge >= 0.3 is 0 Å². The van der Waals surface area contributed by atoms with E-state index in [1.807, 2.05) is 0 Å². The van der Waals surface area contributed by atoms with Crippen molar-refractivity contribution in [1.82, 2.24) is 8.75 Å². The van der Waals surface area contributed by atoms with Gasteiger partial charge < -0.3 is 10.4 Å². The summed E-state index contributed by atoms with van der Waals surface area (Å²) in [6.45, 7) is 2.68. The Morgan fingerprint density at radius 3 is 3.06 bits per heavy atom. The molecule has 2 unspecified atom stereocenters. The van der Waals surface area contributed by atoms with Crippen LogP contribution in [0.5, 0.6) is 0 Å². The lowest BCUT2D eigenvalue weighted by atomic mass is 9.79. The second-order valence-electron chi connectivity index (χ2n) is 4.68. The molecule has 0 bridgehead atoms. The van der Waals surface area contributed by atoms with Crippen molar-refractivity contribution in [3.63, 3.8) is 0 Å². The van der Waals surface area contributed by atoms with Crippen molar-refractivity contribution in [3.05, 3.63) is 5.15 Å². The van der Waals surface area contributed by atoms with Crippen LogP contribution in [0.3, 0.4) is 0 Å². The van der Waals surface area contributed by atoms with Crippen LogP contribution in [0.25, 0.3) is 0 Å². The van der Waals surface area contributed by atoms with Gasteiger partial charge in [0.2, 0.25) is 0 Å². The highest BCUT2D eigenvalue weighted by atomic mass is 35.5. The summed E-state index contributed by atoms with van der Waals surface area (Å²) in [6, 6.07) is 0. The standard InChI is InChI=1S/C10H16ClN3OS/c1-7-3-2-4-10(15,5-7)6-12-9-8(11)13-16-14-9/h7,15H,2-6H2,1H3,(H,12,14). The number of anilines is 1. The number of nitrogens with zero attached hydrogens (tertiary/aromatic N) is 2. The fourth-order valence-electron chi connectivity index (χ4n) is 2.32. The van der Waals surface area contributed by atoms with Crippen LogP contribution >= 0.6 is 23.3 Å². The molecule has 6 heteroatoms. The third-order valence-corrected chi connectivity index (χ3v) is 3.99. The first-order chi connectivity index (χ1) is 7.59. The SMILES string of the molecule is CC1CCCC(O)(CNc2nsnc2Cl)C1. The van der Waals surface area contributed by atoms with Crippen LogP contribution < -0.4 is 5.32 Å². The summed E-state index contributed by atoms with van der Waals surface area (Å²) >= 11 is 6.90. The second-order valence-corrected chi connectivity index (χ2v) is 5.57. The van der Waals surface area contributed by atoms with E-state index in [4.69, 9.17) is 11.6 Å². The van der Waals surface area contributed by atoms with Gasteiger partial charge in [0.25, 0.3) is 0 Å². The second kappa shape index (κ2) is 4.85. The first kappa shape index (κ1) is 12.1. The van der Waals surface area contributed by atoms with E-state index >= 15 is 0 Å². The van der Waals surface area contributed by atoms with E-state index in [1.165, 1.54) is 6.42 Å². The molecule has 0 saturated heterocycles. The molecule has 90 valence electrons. The summed E-state index contributed by atoms with van der Waals surface area (Å²) in [4.78, 5) is 0. The Labute approximate surface area is 104 Å². The van der Waals surface area contributed by atoms with Gasteiger partial charge in [-0.15, -0.1) is 0 Å². The van der Waals surface area contributed by atoms with Crippen LogP contribution in [-0.2, 0) is 0 Å². The molecule has 0 spiro atoms. The van der Waals surface area contributed by atoms with Crippen LogP contribution in [0.4, 0.5) is 5.82 Å². The quantitative estimate of drug-likeness (QED) is 0.878. The number of hydrogen-bond donors (Lipinski definition) is 2. The fraction of sp³-hybridized carbons (Fsp3) is 0.800. The molecule has 1 aromatic heterocycles. The number of halogens is 1. The summed E-state index contributed by atoms with van der Waals surface area (Å²) < 4.78 is 7.90. The van der Waals surface area contributed by atoms with Crippen molar-refractivity contribution in [3.8, 4) is 0 Å². The zero-order valence-electron chi connectivity index (χ0n) is 9.24. The Morgan fingerprint density at radius 1 is 1.62 bits per heavy atom. The van der Waals surface area contributed by atoms with Crippen molar-refractivity contribution in [1.29, 1.82) is 0 Å². The minimum atomic E-state index is -0.620. The Morgan fingerprint density at radius 2 is 2.44 bits per heavy atom. The number of aliphatic hydroxyl groups is 1. The molecule has 2 rings (SSSR count). The van der Waals surface area contributed by atoms with Crippen LogP contribution in [0, 0.1) is 5.92 Å². The summed E-state index contributed by atoms with van der Waals surface area (Å²) in [5, 5.41) is 13.8. The Hall–Kier alpha value is -0.390. The lowest BCUT2D eigenvalue weighted by Gasteiger charge is -2.35. The van der Waals surface area contributed by atoms with Crippen LogP contribution in [-0.4, -0.2) is 26.0 Å². The third kappa shape index (κ3) is 2.84. The van der Waals surface area contributed by atoms with E-state index in [-0.39, 0.29) is 0 Å². The fourth-order valence-corrected chi connectivity index (χ4v) is 3.01. The minimum Gasteiger partial charge on any atom is -0.388 e. The molecule has 4 nitrogen and oxygen atoms in total. The van der Waals surface area contributed by atoms with Crippen LogP contribution in [0.2, 0.25) is 5.15 Å². The molecule has 2 N–H and O–H groups in total. The van der Waals surface area contributed by atoms with Crippen molar-refractivity contribution in [2.24, 2.45) is 5.92 Å². The van der Waals surface area contributed by atoms with E-state index in [9.17, 15) is 5.11 Å². The maximum atomic E-state index is 10.4. The molecule has 1 saturated carbocycles. The van der Waals surface area contributed by atoms with Gasteiger partial charge in [-0.05, 0) is 18.8 Å². The van der Waals surface area contributed by atoms with Gasteiger partial charge in [0.1, 0.15) is 0 Å². The van der Waals surface area contributed by atoms with Crippen molar-refractivity contribution < 1.29 is 5.11 Å². The largest absolute Gasteiger partial charge is 0.388 e. The van der Waals surface area contributed by atoms with Gasteiger partial charge in [0.05, 0.1) is 17.3 Å². The molecule has 1 heterocycles. The Bertz CT molecular complexity index is 360. The molecule has 2 atom stereocenters. The van der Waals surface area contributed by atoms with Crippen LogP contribution in [0.1, 0.15) is 32.6 Å². The molecule has 1 fully saturated rings. The van der Waals surface area contributed by atoms with E-state index < -0.39 is 5.60 Å².